The maximum Gasteiger partial charge on any atom is 0.221 e. The Balaban J connectivity index is 2.32. The lowest BCUT2D eigenvalue weighted by molar-refractivity contribution is -0.121. The van der Waals surface area contributed by atoms with Crippen LogP contribution in [0.4, 0.5) is 0 Å². The summed E-state index contributed by atoms with van der Waals surface area (Å²) in [5.41, 5.74) is 1.28. The molecule has 0 saturated carbocycles. The van der Waals surface area contributed by atoms with Crippen LogP contribution in [-0.4, -0.2) is 43.7 Å². The molecule has 0 fully saturated rings. The first-order chi connectivity index (χ1) is 10.1. The summed E-state index contributed by atoms with van der Waals surface area (Å²) in [6.07, 6.45) is 1.40. The molecule has 0 unspecified atom stereocenters. The maximum atomic E-state index is 11.8. The summed E-state index contributed by atoms with van der Waals surface area (Å²) >= 11 is 0. The van der Waals surface area contributed by atoms with E-state index >= 15 is 0 Å². The molecule has 0 aliphatic carbocycles. The molecule has 0 saturated heterocycles. The van der Waals surface area contributed by atoms with Crippen LogP contribution >= 0.6 is 0 Å². The molecule has 0 aliphatic heterocycles. The Morgan fingerprint density at radius 3 is 2.62 bits per heavy atom. The van der Waals surface area contributed by atoms with E-state index in [1.54, 1.807) is 7.11 Å². The topological polar surface area (TPSA) is 41.6 Å². The molecule has 1 rings (SSSR count). The standard InChI is InChI=1S/C17H28N2O2/c1-15(2)19(14-16-8-5-4-6-9-16)12-10-17(20)18-11-7-13-21-3/h4-6,8-9,15H,7,10-14H2,1-3H3,(H,18,20). The van der Waals surface area contributed by atoms with Crippen molar-refractivity contribution in [2.45, 2.75) is 39.3 Å². The average Bonchev–Trinajstić information content (AvgIpc) is 2.48. The zero-order valence-electron chi connectivity index (χ0n) is 13.5. The maximum absolute atomic E-state index is 11.8. The predicted octanol–water partition coefficient (Wildman–Crippen LogP) is 2.44. The number of ether oxygens (including phenoxy) is 1. The highest BCUT2D eigenvalue weighted by Gasteiger charge is 2.12. The van der Waals surface area contributed by atoms with Gasteiger partial charge in [-0.25, -0.2) is 0 Å². The quantitative estimate of drug-likeness (QED) is 0.674. The molecule has 1 N–H and O–H groups in total. The molecular weight excluding hydrogens is 264 g/mol. The Bertz CT molecular complexity index is 393. The Kier molecular flexibility index (Phi) is 8.71. The summed E-state index contributed by atoms with van der Waals surface area (Å²) in [4.78, 5) is 14.1. The highest BCUT2D eigenvalue weighted by atomic mass is 16.5. The minimum Gasteiger partial charge on any atom is -0.385 e. The average molecular weight is 292 g/mol. The fourth-order valence-electron chi connectivity index (χ4n) is 2.12. The summed E-state index contributed by atoms with van der Waals surface area (Å²) in [5.74, 6) is 0.116. The van der Waals surface area contributed by atoms with Crippen molar-refractivity contribution >= 4 is 5.91 Å². The lowest BCUT2D eigenvalue weighted by Crippen LogP contribution is -2.35. The SMILES string of the molecule is COCCCNC(=O)CCN(Cc1ccccc1)C(C)C. The normalized spacial score (nSPS) is 11.1. The molecule has 1 aromatic rings. The highest BCUT2D eigenvalue weighted by Crippen LogP contribution is 2.08. The first-order valence-corrected chi connectivity index (χ1v) is 7.67. The van der Waals surface area contributed by atoms with Crippen molar-refractivity contribution in [2.24, 2.45) is 0 Å². The first kappa shape index (κ1) is 17.7. The number of hydrogen-bond donors (Lipinski definition) is 1. The third kappa shape index (κ3) is 7.83. The van der Waals surface area contributed by atoms with Crippen LogP contribution in [0.25, 0.3) is 0 Å². The van der Waals surface area contributed by atoms with Gasteiger partial charge in [0.25, 0.3) is 0 Å². The second-order valence-electron chi connectivity index (χ2n) is 5.50. The van der Waals surface area contributed by atoms with Crippen LogP contribution in [0.15, 0.2) is 30.3 Å². The van der Waals surface area contributed by atoms with Gasteiger partial charge in [-0.3, -0.25) is 9.69 Å². The van der Waals surface area contributed by atoms with E-state index in [0.717, 1.165) is 19.5 Å². The van der Waals surface area contributed by atoms with E-state index in [2.05, 4.69) is 48.3 Å². The van der Waals surface area contributed by atoms with Crippen molar-refractivity contribution in [1.29, 1.82) is 0 Å². The lowest BCUT2D eigenvalue weighted by Gasteiger charge is -2.26. The van der Waals surface area contributed by atoms with Crippen LogP contribution < -0.4 is 5.32 Å². The third-order valence-corrected chi connectivity index (χ3v) is 3.43. The van der Waals surface area contributed by atoms with Crippen molar-refractivity contribution in [1.82, 2.24) is 10.2 Å². The minimum atomic E-state index is 0.116. The van der Waals surface area contributed by atoms with E-state index in [-0.39, 0.29) is 5.91 Å². The van der Waals surface area contributed by atoms with E-state index in [0.29, 0.717) is 25.6 Å². The minimum absolute atomic E-state index is 0.116. The van der Waals surface area contributed by atoms with Crippen LogP contribution in [0.2, 0.25) is 0 Å². The Morgan fingerprint density at radius 2 is 2.00 bits per heavy atom. The van der Waals surface area contributed by atoms with Gasteiger partial charge in [0.2, 0.25) is 5.91 Å². The fraction of sp³-hybridized carbons (Fsp3) is 0.588. The molecule has 4 heteroatoms. The van der Waals surface area contributed by atoms with Crippen molar-refractivity contribution in [3.8, 4) is 0 Å². The van der Waals surface area contributed by atoms with Crippen LogP contribution in [0.3, 0.4) is 0 Å². The van der Waals surface area contributed by atoms with Gasteiger partial charge < -0.3 is 10.1 Å². The van der Waals surface area contributed by atoms with Gasteiger partial charge in [0.15, 0.2) is 0 Å². The number of carbonyl (C=O) groups excluding carboxylic acids is 1. The number of nitrogens with zero attached hydrogens (tertiary/aromatic N) is 1. The summed E-state index contributed by atoms with van der Waals surface area (Å²) in [7, 11) is 1.67. The molecular formula is C17H28N2O2. The zero-order valence-corrected chi connectivity index (χ0v) is 13.5. The lowest BCUT2D eigenvalue weighted by atomic mass is 10.2. The van der Waals surface area contributed by atoms with Gasteiger partial charge in [-0.05, 0) is 25.8 Å². The molecule has 0 spiro atoms. The van der Waals surface area contributed by atoms with E-state index in [4.69, 9.17) is 4.74 Å². The zero-order chi connectivity index (χ0) is 15.5. The smallest absolute Gasteiger partial charge is 0.221 e. The molecule has 0 aromatic heterocycles. The van der Waals surface area contributed by atoms with Gasteiger partial charge in [0.05, 0.1) is 0 Å². The number of amides is 1. The third-order valence-electron chi connectivity index (χ3n) is 3.43. The molecule has 118 valence electrons. The Morgan fingerprint density at radius 1 is 1.29 bits per heavy atom. The molecule has 0 heterocycles. The molecule has 0 radical (unpaired) electrons. The van der Waals surface area contributed by atoms with E-state index < -0.39 is 0 Å². The van der Waals surface area contributed by atoms with Crippen molar-refractivity contribution in [3.63, 3.8) is 0 Å². The highest BCUT2D eigenvalue weighted by molar-refractivity contribution is 5.76. The molecule has 4 nitrogen and oxygen atoms in total. The number of nitrogens with one attached hydrogen (secondary N) is 1. The molecule has 1 aromatic carbocycles. The number of benzene rings is 1. The second-order valence-corrected chi connectivity index (χ2v) is 5.50. The predicted molar refractivity (Wildman–Crippen MR) is 86.1 cm³/mol. The molecule has 0 atom stereocenters. The fourth-order valence-corrected chi connectivity index (χ4v) is 2.12. The van der Waals surface area contributed by atoms with E-state index in [1.807, 2.05) is 6.07 Å². The molecule has 21 heavy (non-hydrogen) atoms. The molecule has 1 amide bonds. The van der Waals surface area contributed by atoms with Crippen molar-refractivity contribution < 1.29 is 9.53 Å². The van der Waals surface area contributed by atoms with Crippen molar-refractivity contribution in [2.75, 3.05) is 26.8 Å². The van der Waals surface area contributed by atoms with Gasteiger partial charge in [-0.2, -0.15) is 0 Å². The summed E-state index contributed by atoms with van der Waals surface area (Å²) < 4.78 is 4.96. The van der Waals surface area contributed by atoms with Gasteiger partial charge >= 0.3 is 0 Å². The van der Waals surface area contributed by atoms with Crippen LogP contribution in [0.1, 0.15) is 32.3 Å². The first-order valence-electron chi connectivity index (χ1n) is 7.67. The van der Waals surface area contributed by atoms with E-state index in [1.165, 1.54) is 5.56 Å². The largest absolute Gasteiger partial charge is 0.385 e. The second kappa shape index (κ2) is 10.4. The van der Waals surface area contributed by atoms with Crippen LogP contribution in [-0.2, 0) is 16.1 Å². The van der Waals surface area contributed by atoms with Crippen LogP contribution in [0.5, 0.6) is 0 Å². The van der Waals surface area contributed by atoms with E-state index in [9.17, 15) is 4.79 Å². The molecule has 0 aliphatic rings. The van der Waals surface area contributed by atoms with Gasteiger partial charge in [-0.1, -0.05) is 30.3 Å². The monoisotopic (exact) mass is 292 g/mol. The Labute approximate surface area is 128 Å². The summed E-state index contributed by atoms with van der Waals surface area (Å²) in [6, 6.07) is 10.8. The number of carbonyl (C=O) groups is 1. The van der Waals surface area contributed by atoms with Gasteiger partial charge in [0.1, 0.15) is 0 Å². The summed E-state index contributed by atoms with van der Waals surface area (Å²) in [5, 5.41) is 2.93. The Hall–Kier alpha value is -1.39. The van der Waals surface area contributed by atoms with Crippen LogP contribution in [0, 0.1) is 0 Å². The van der Waals surface area contributed by atoms with Gasteiger partial charge in [0, 0.05) is 45.8 Å². The summed E-state index contributed by atoms with van der Waals surface area (Å²) in [6.45, 7) is 7.37. The molecule has 0 bridgehead atoms. The number of rotatable bonds is 10. The van der Waals surface area contributed by atoms with Gasteiger partial charge in [-0.15, -0.1) is 0 Å². The van der Waals surface area contributed by atoms with Crippen molar-refractivity contribution in [3.05, 3.63) is 35.9 Å². The number of methoxy groups -OCH3 is 1. The number of hydrogen-bond acceptors (Lipinski definition) is 3.